The first kappa shape index (κ1) is 50.4. The Kier molecular flexibility index (Phi) is 29.4. The second kappa shape index (κ2) is 31.5. The van der Waals surface area contributed by atoms with Crippen LogP contribution in [0.3, 0.4) is 0 Å². The monoisotopic (exact) mass is 746 g/mol. The summed E-state index contributed by atoms with van der Waals surface area (Å²) in [5.41, 5.74) is 2.87. The molecule has 4 fully saturated rings. The lowest BCUT2D eigenvalue weighted by atomic mass is 9.65. The van der Waals surface area contributed by atoms with Crippen molar-refractivity contribution in [2.75, 3.05) is 0 Å². The summed E-state index contributed by atoms with van der Waals surface area (Å²) >= 11 is 0. The van der Waals surface area contributed by atoms with Gasteiger partial charge in [0.05, 0.1) is 0 Å². The Morgan fingerprint density at radius 3 is 1.07 bits per heavy atom. The Balaban J connectivity index is 0.000000378. The third kappa shape index (κ3) is 18.1. The first-order valence-electron chi connectivity index (χ1n) is 24.3. The molecule has 0 radical (unpaired) electrons. The van der Waals surface area contributed by atoms with E-state index < -0.39 is 0 Å². The summed E-state index contributed by atoms with van der Waals surface area (Å²) in [7, 11) is 0. The fourth-order valence-corrected chi connectivity index (χ4v) is 11.1. The molecule has 1 heteroatoms. The lowest BCUT2D eigenvalue weighted by Gasteiger charge is -2.40. The Labute approximate surface area is 340 Å². The summed E-state index contributed by atoms with van der Waals surface area (Å²) in [6.45, 7) is 26.4. The van der Waals surface area contributed by atoms with Gasteiger partial charge in [-0.1, -0.05) is 222 Å². The summed E-state index contributed by atoms with van der Waals surface area (Å²) in [5.74, 6) is 8.85. The number of nitrogens with zero attached hydrogens (tertiary/aromatic N) is 1. The topological polar surface area (TPSA) is 12.9 Å². The van der Waals surface area contributed by atoms with Crippen LogP contribution in [-0.4, -0.2) is 4.98 Å². The molecule has 0 amide bonds. The zero-order valence-electron chi connectivity index (χ0n) is 38.6. The molecule has 0 saturated heterocycles. The number of hydrogen-bond donors (Lipinski definition) is 0. The highest BCUT2D eigenvalue weighted by Gasteiger charge is 2.33. The smallest absolute Gasteiger partial charge is 0.0439 e. The molecule has 4 aliphatic carbocycles. The van der Waals surface area contributed by atoms with E-state index in [2.05, 4.69) is 89.0 Å². The van der Waals surface area contributed by atoms with Crippen molar-refractivity contribution in [3.8, 4) is 0 Å². The molecule has 6 rings (SSSR count). The third-order valence-electron chi connectivity index (χ3n) is 13.1. The highest BCUT2D eigenvalue weighted by molar-refractivity contribution is 5.21. The van der Waals surface area contributed by atoms with Gasteiger partial charge in [0.15, 0.2) is 0 Å². The molecular formula is C53H95N. The van der Waals surface area contributed by atoms with Crippen molar-refractivity contribution in [2.45, 2.75) is 223 Å². The highest BCUT2D eigenvalue weighted by atomic mass is 14.7. The minimum absolute atomic E-state index is 0.668. The normalized spacial score (nSPS) is 19.7. The van der Waals surface area contributed by atoms with Crippen molar-refractivity contribution >= 4 is 0 Å². The summed E-state index contributed by atoms with van der Waals surface area (Å²) in [5, 5.41) is 0. The summed E-state index contributed by atoms with van der Waals surface area (Å²) in [4.78, 5) is 4.58. The largest absolute Gasteiger partial charge is 0.261 e. The SMILES string of the molecule is CC.CC.CC.CC(C)C(C1CCCCC1)C1CCCCC1.CC(C)C(c1ccccc1)C1CCCCC1.CC(C)C(c1ccccn1)C1CCCCC1. The van der Waals surface area contributed by atoms with Gasteiger partial charge in [-0.25, -0.2) is 0 Å². The summed E-state index contributed by atoms with van der Waals surface area (Å²) in [6.07, 6.45) is 31.5. The fraction of sp³-hybridized carbons (Fsp3) is 0.792. The minimum atomic E-state index is 0.668. The van der Waals surface area contributed by atoms with E-state index in [1.165, 1.54) is 108 Å². The van der Waals surface area contributed by atoms with Gasteiger partial charge in [0.2, 0.25) is 0 Å². The molecule has 0 spiro atoms. The second-order valence-corrected chi connectivity index (χ2v) is 17.6. The molecule has 4 saturated carbocycles. The Morgan fingerprint density at radius 1 is 0.389 bits per heavy atom. The lowest BCUT2D eigenvalue weighted by Crippen LogP contribution is -2.31. The van der Waals surface area contributed by atoms with Crippen LogP contribution in [0.25, 0.3) is 0 Å². The van der Waals surface area contributed by atoms with E-state index in [1.807, 2.05) is 53.8 Å². The van der Waals surface area contributed by atoms with E-state index in [9.17, 15) is 0 Å². The van der Waals surface area contributed by atoms with Crippen molar-refractivity contribution in [3.05, 3.63) is 66.0 Å². The maximum Gasteiger partial charge on any atom is 0.0439 e. The zero-order valence-corrected chi connectivity index (χ0v) is 38.6. The molecule has 1 nitrogen and oxygen atoms in total. The second-order valence-electron chi connectivity index (χ2n) is 17.6. The number of hydrogen-bond acceptors (Lipinski definition) is 1. The molecule has 312 valence electrons. The van der Waals surface area contributed by atoms with Crippen molar-refractivity contribution in [1.29, 1.82) is 0 Å². The lowest BCUT2D eigenvalue weighted by molar-refractivity contribution is 0.102. The molecule has 1 heterocycles. The zero-order chi connectivity index (χ0) is 40.1. The van der Waals surface area contributed by atoms with Gasteiger partial charge in [0.25, 0.3) is 0 Å². The molecule has 1 aromatic heterocycles. The highest BCUT2D eigenvalue weighted by Crippen LogP contribution is 2.44. The molecule has 2 atom stereocenters. The summed E-state index contributed by atoms with van der Waals surface area (Å²) < 4.78 is 0. The first-order chi connectivity index (χ1) is 26.4. The minimum Gasteiger partial charge on any atom is -0.261 e. The molecule has 0 aliphatic heterocycles. The quantitative estimate of drug-likeness (QED) is 0.249. The van der Waals surface area contributed by atoms with Gasteiger partial charge in [-0.2, -0.15) is 0 Å². The van der Waals surface area contributed by atoms with Crippen LogP contribution in [0.1, 0.15) is 235 Å². The van der Waals surface area contributed by atoms with Crippen molar-refractivity contribution in [3.63, 3.8) is 0 Å². The van der Waals surface area contributed by atoms with Crippen LogP contribution < -0.4 is 0 Å². The van der Waals surface area contributed by atoms with Crippen LogP contribution in [0.15, 0.2) is 54.7 Å². The van der Waals surface area contributed by atoms with Gasteiger partial charge in [0, 0.05) is 17.8 Å². The molecule has 1 aromatic carbocycles. The molecular weight excluding hydrogens is 651 g/mol. The van der Waals surface area contributed by atoms with E-state index >= 15 is 0 Å². The molecule has 4 aliphatic rings. The van der Waals surface area contributed by atoms with Crippen LogP contribution >= 0.6 is 0 Å². The average Bonchev–Trinajstić information content (AvgIpc) is 3.23. The van der Waals surface area contributed by atoms with Gasteiger partial charge >= 0.3 is 0 Å². The molecule has 54 heavy (non-hydrogen) atoms. The van der Waals surface area contributed by atoms with Crippen molar-refractivity contribution < 1.29 is 0 Å². The average molecular weight is 746 g/mol. The molecule has 2 unspecified atom stereocenters. The number of benzene rings is 1. The third-order valence-corrected chi connectivity index (χ3v) is 13.1. The maximum atomic E-state index is 4.58. The number of pyridine rings is 1. The summed E-state index contributed by atoms with van der Waals surface area (Å²) in [6, 6.07) is 17.5. The van der Waals surface area contributed by atoms with E-state index in [1.54, 1.807) is 31.2 Å². The van der Waals surface area contributed by atoms with E-state index in [-0.39, 0.29) is 0 Å². The van der Waals surface area contributed by atoms with Gasteiger partial charge in [-0.15, -0.1) is 0 Å². The predicted octanol–water partition coefficient (Wildman–Crippen LogP) is 17.9. The molecule has 0 N–H and O–H groups in total. The van der Waals surface area contributed by atoms with Crippen molar-refractivity contribution in [1.82, 2.24) is 4.98 Å². The Bertz CT molecular complexity index is 965. The number of rotatable bonds is 9. The predicted molar refractivity (Wildman–Crippen MR) is 245 cm³/mol. The van der Waals surface area contributed by atoms with Crippen LogP contribution in [0, 0.1) is 47.3 Å². The molecule has 2 aromatic rings. The molecule has 0 bridgehead atoms. The van der Waals surface area contributed by atoms with Gasteiger partial charge in [-0.3, -0.25) is 4.98 Å². The standard InChI is InChI=1S/C16H30.C16H24.C15H23N.3C2H6/c2*1-13(2)16(14-9-5-3-6-10-14)15-11-7-4-8-12-15;1-12(2)15(13-8-4-3-5-9-13)14-10-6-7-11-16-14;3*1-2/h13-16H,3-12H2,1-2H3;3,5-6,9-10,13,15-16H,4,7-8,11-12H2,1-2H3;6-7,10-13,15H,3-5,8-9H2,1-2H3;3*1-2H3. The van der Waals surface area contributed by atoms with Gasteiger partial charge in [-0.05, 0) is 96.6 Å². The number of aromatic nitrogens is 1. The first-order valence-corrected chi connectivity index (χ1v) is 24.3. The van der Waals surface area contributed by atoms with E-state index in [0.29, 0.717) is 11.8 Å². The Hall–Kier alpha value is -1.63. The van der Waals surface area contributed by atoms with E-state index in [4.69, 9.17) is 0 Å². The van der Waals surface area contributed by atoms with Gasteiger partial charge < -0.3 is 0 Å². The van der Waals surface area contributed by atoms with Crippen LogP contribution in [0.4, 0.5) is 0 Å². The van der Waals surface area contributed by atoms with Crippen LogP contribution in [-0.2, 0) is 0 Å². The van der Waals surface area contributed by atoms with Crippen LogP contribution in [0.5, 0.6) is 0 Å². The maximum absolute atomic E-state index is 4.58. The van der Waals surface area contributed by atoms with Crippen LogP contribution in [0.2, 0.25) is 0 Å². The van der Waals surface area contributed by atoms with Gasteiger partial charge in [0.1, 0.15) is 0 Å². The van der Waals surface area contributed by atoms with Crippen molar-refractivity contribution in [2.24, 2.45) is 47.3 Å². The Morgan fingerprint density at radius 2 is 0.741 bits per heavy atom. The fourth-order valence-electron chi connectivity index (χ4n) is 11.1. The van der Waals surface area contributed by atoms with E-state index in [0.717, 1.165) is 47.3 Å².